The average molecular weight is 187 g/mol. The Kier molecular flexibility index (Phi) is 2.53. The molecule has 1 fully saturated rings. The third kappa shape index (κ3) is 1.63. The van der Waals surface area contributed by atoms with E-state index in [0.29, 0.717) is 0 Å². The van der Waals surface area contributed by atoms with Gasteiger partial charge in [-0.2, -0.15) is 0 Å². The van der Waals surface area contributed by atoms with Crippen molar-refractivity contribution in [1.29, 1.82) is 0 Å². The van der Waals surface area contributed by atoms with Crippen molar-refractivity contribution in [1.82, 2.24) is 10.6 Å². The van der Waals surface area contributed by atoms with Gasteiger partial charge in [-0.05, 0) is 6.92 Å². The largest absolute Gasteiger partial charge is 0.349 e. The van der Waals surface area contributed by atoms with Crippen LogP contribution in [-0.2, 0) is 14.3 Å². The molecule has 1 saturated heterocycles. The molecule has 0 aromatic heterocycles. The molecular weight excluding hydrogens is 174 g/mol. The molecule has 1 aliphatic heterocycles. The number of carbonyl (C=O) groups is 2. The fraction of sp³-hybridized carbons (Fsp3) is 0.714. The zero-order valence-corrected chi connectivity index (χ0v) is 7.59. The summed E-state index contributed by atoms with van der Waals surface area (Å²) in [5.74, 6) is -0.749. The van der Waals surface area contributed by atoms with Crippen LogP contribution in [0.5, 0.6) is 0 Å². The van der Waals surface area contributed by atoms with E-state index in [-0.39, 0.29) is 12.5 Å². The van der Waals surface area contributed by atoms with Gasteiger partial charge in [0.25, 0.3) is 5.91 Å². The number of ether oxygens (including phenoxy) is 1. The van der Waals surface area contributed by atoms with Crippen LogP contribution >= 0.6 is 0 Å². The maximum absolute atomic E-state index is 11.2. The highest BCUT2D eigenvalue weighted by Crippen LogP contribution is 2.13. The van der Waals surface area contributed by atoms with Crippen LogP contribution in [0.3, 0.4) is 0 Å². The molecule has 0 radical (unpaired) electrons. The van der Waals surface area contributed by atoms with Crippen molar-refractivity contribution in [2.45, 2.75) is 18.7 Å². The van der Waals surface area contributed by atoms with Crippen molar-refractivity contribution in [3.05, 3.63) is 0 Å². The van der Waals surface area contributed by atoms with Gasteiger partial charge in [0, 0.05) is 7.11 Å². The van der Waals surface area contributed by atoms with Gasteiger partial charge in [-0.25, -0.2) is 0 Å². The number of hydrogen-bond donors (Lipinski definition) is 3. The number of hydrogen-bond acceptors (Lipinski definition) is 4. The predicted octanol–water partition coefficient (Wildman–Crippen LogP) is -2.08. The maximum atomic E-state index is 11.2. The van der Waals surface area contributed by atoms with E-state index >= 15 is 0 Å². The van der Waals surface area contributed by atoms with Crippen LogP contribution in [0.25, 0.3) is 0 Å². The van der Waals surface area contributed by atoms with Gasteiger partial charge in [0.15, 0.2) is 0 Å². The summed E-state index contributed by atoms with van der Waals surface area (Å²) < 4.78 is 4.91. The lowest BCUT2D eigenvalue weighted by molar-refractivity contribution is -0.166. The zero-order valence-electron chi connectivity index (χ0n) is 7.59. The molecule has 0 bridgehead atoms. The quantitative estimate of drug-likeness (QED) is 0.349. The number of nitrogens with one attached hydrogen (secondary N) is 2. The molecule has 6 heteroatoms. The van der Waals surface area contributed by atoms with Crippen LogP contribution < -0.4 is 16.4 Å². The van der Waals surface area contributed by atoms with Crippen molar-refractivity contribution in [3.63, 3.8) is 0 Å². The monoisotopic (exact) mass is 187 g/mol. The minimum absolute atomic E-state index is 0.279. The molecule has 2 amide bonds. The van der Waals surface area contributed by atoms with E-state index in [4.69, 9.17) is 10.5 Å². The van der Waals surface area contributed by atoms with Crippen molar-refractivity contribution in [2.75, 3.05) is 13.7 Å². The fourth-order valence-electron chi connectivity index (χ4n) is 0.951. The minimum Gasteiger partial charge on any atom is -0.349 e. The van der Waals surface area contributed by atoms with Crippen molar-refractivity contribution in [2.24, 2.45) is 5.73 Å². The first kappa shape index (κ1) is 9.94. The topological polar surface area (TPSA) is 93.4 Å². The normalized spacial score (nSPS) is 28.7. The smallest absolute Gasteiger partial charge is 0.275 e. The van der Waals surface area contributed by atoms with Crippen LogP contribution in [0.4, 0.5) is 0 Å². The van der Waals surface area contributed by atoms with Gasteiger partial charge in [0.1, 0.15) is 0 Å². The second kappa shape index (κ2) is 3.31. The first-order valence-electron chi connectivity index (χ1n) is 3.93. The van der Waals surface area contributed by atoms with Gasteiger partial charge >= 0.3 is 0 Å². The highest BCUT2D eigenvalue weighted by molar-refractivity contribution is 5.96. The van der Waals surface area contributed by atoms with Crippen LogP contribution in [-0.4, -0.2) is 37.2 Å². The van der Waals surface area contributed by atoms with Crippen molar-refractivity contribution in [3.8, 4) is 0 Å². The summed E-state index contributed by atoms with van der Waals surface area (Å²) in [6.07, 6.45) is 0. The van der Waals surface area contributed by atoms with E-state index in [1.807, 2.05) is 0 Å². The number of amides is 2. The van der Waals surface area contributed by atoms with Crippen LogP contribution in [0.1, 0.15) is 6.92 Å². The van der Waals surface area contributed by atoms with Gasteiger partial charge < -0.3 is 21.1 Å². The third-order valence-electron chi connectivity index (χ3n) is 1.95. The predicted molar refractivity (Wildman–Crippen MR) is 44.5 cm³/mol. The molecule has 0 aliphatic carbocycles. The average Bonchev–Trinajstić information content (AvgIpc) is 2.10. The molecule has 1 aliphatic rings. The molecule has 0 saturated carbocycles. The van der Waals surface area contributed by atoms with Gasteiger partial charge in [0.05, 0.1) is 12.6 Å². The van der Waals surface area contributed by atoms with Gasteiger partial charge in [-0.15, -0.1) is 0 Å². The number of nitrogens with two attached hydrogens (primary N) is 1. The Morgan fingerprint density at radius 1 is 1.85 bits per heavy atom. The van der Waals surface area contributed by atoms with Gasteiger partial charge in [-0.3, -0.25) is 9.59 Å². The molecule has 0 aromatic carbocycles. The SMILES string of the molecule is COC1(NC(=O)[C@@H](C)N)CNC1=O. The zero-order chi connectivity index (χ0) is 10.1. The third-order valence-corrected chi connectivity index (χ3v) is 1.95. The molecule has 6 nitrogen and oxygen atoms in total. The molecule has 1 heterocycles. The van der Waals surface area contributed by atoms with Crippen LogP contribution in [0, 0.1) is 0 Å². The molecule has 0 spiro atoms. The Morgan fingerprint density at radius 2 is 2.46 bits per heavy atom. The summed E-state index contributed by atoms with van der Waals surface area (Å²) >= 11 is 0. The molecule has 1 unspecified atom stereocenters. The van der Waals surface area contributed by atoms with Crippen molar-refractivity contribution < 1.29 is 14.3 Å². The van der Waals surface area contributed by atoms with E-state index in [2.05, 4.69) is 10.6 Å². The first-order valence-corrected chi connectivity index (χ1v) is 3.93. The Balaban J connectivity index is 2.60. The molecule has 4 N–H and O–H groups in total. The van der Waals surface area contributed by atoms with Gasteiger partial charge in [-0.1, -0.05) is 0 Å². The van der Waals surface area contributed by atoms with E-state index in [1.54, 1.807) is 0 Å². The lowest BCUT2D eigenvalue weighted by Crippen LogP contribution is -2.75. The van der Waals surface area contributed by atoms with Crippen molar-refractivity contribution >= 4 is 11.8 Å². The molecular formula is C7H13N3O3. The lowest BCUT2D eigenvalue weighted by atomic mass is 10.1. The summed E-state index contributed by atoms with van der Waals surface area (Å²) in [4.78, 5) is 22.2. The molecule has 2 atom stereocenters. The van der Waals surface area contributed by atoms with Crippen LogP contribution in [0.2, 0.25) is 0 Å². The fourth-order valence-corrected chi connectivity index (χ4v) is 0.951. The summed E-state index contributed by atoms with van der Waals surface area (Å²) in [6.45, 7) is 1.82. The van der Waals surface area contributed by atoms with Crippen LogP contribution in [0.15, 0.2) is 0 Å². The number of rotatable bonds is 3. The Hall–Kier alpha value is -1.14. The first-order chi connectivity index (χ1) is 6.02. The lowest BCUT2D eigenvalue weighted by Gasteiger charge is -2.39. The molecule has 1 rings (SSSR count). The van der Waals surface area contributed by atoms with E-state index < -0.39 is 17.7 Å². The van der Waals surface area contributed by atoms with E-state index in [0.717, 1.165) is 0 Å². The number of carbonyl (C=O) groups excluding carboxylic acids is 2. The Labute approximate surface area is 75.8 Å². The summed E-state index contributed by atoms with van der Waals surface area (Å²) in [7, 11) is 1.36. The Bertz CT molecular complexity index is 237. The summed E-state index contributed by atoms with van der Waals surface area (Å²) in [6, 6.07) is -0.652. The molecule has 74 valence electrons. The number of β-lactam (4-membered cyclic amide) rings is 1. The molecule has 13 heavy (non-hydrogen) atoms. The second-order valence-corrected chi connectivity index (χ2v) is 2.99. The van der Waals surface area contributed by atoms with E-state index in [9.17, 15) is 9.59 Å². The minimum atomic E-state index is -1.20. The van der Waals surface area contributed by atoms with E-state index in [1.165, 1.54) is 14.0 Å². The highest BCUT2D eigenvalue weighted by Gasteiger charge is 2.48. The maximum Gasteiger partial charge on any atom is 0.275 e. The second-order valence-electron chi connectivity index (χ2n) is 2.99. The van der Waals surface area contributed by atoms with Gasteiger partial charge in [0.2, 0.25) is 11.6 Å². The Morgan fingerprint density at radius 3 is 2.69 bits per heavy atom. The summed E-state index contributed by atoms with van der Waals surface area (Å²) in [5.41, 5.74) is 4.12. The standard InChI is InChI=1S/C7H13N3O3/c1-4(8)5(11)10-7(13-2)3-9-6(7)12/h4H,3,8H2,1-2H3,(H,9,12)(H,10,11)/t4-,7?/m1/s1. The highest BCUT2D eigenvalue weighted by atomic mass is 16.5. The number of methoxy groups -OCH3 is 1. The molecule has 0 aromatic rings. The summed E-state index contributed by atoms with van der Waals surface area (Å²) in [5, 5.41) is 4.91.